The Hall–Kier alpha value is -2.54. The van der Waals surface area contributed by atoms with Gasteiger partial charge in [0.15, 0.2) is 0 Å². The Balaban J connectivity index is 1.46. The predicted octanol–water partition coefficient (Wildman–Crippen LogP) is 3.12. The lowest BCUT2D eigenvalue weighted by Gasteiger charge is -2.45. The van der Waals surface area contributed by atoms with Gasteiger partial charge < -0.3 is 24.1 Å². The summed E-state index contributed by atoms with van der Waals surface area (Å²) in [5.41, 5.74) is 0.527. The molecule has 1 saturated carbocycles. The van der Waals surface area contributed by atoms with Crippen LogP contribution in [0.2, 0.25) is 0 Å². The molecule has 31 heavy (non-hydrogen) atoms. The molecule has 1 atom stereocenters. The summed E-state index contributed by atoms with van der Waals surface area (Å²) in [6.07, 6.45) is 8.42. The lowest BCUT2D eigenvalue weighted by Crippen LogP contribution is -2.65. The van der Waals surface area contributed by atoms with Crippen molar-refractivity contribution in [1.82, 2.24) is 19.7 Å². The van der Waals surface area contributed by atoms with Crippen molar-refractivity contribution in [2.24, 2.45) is 0 Å². The fourth-order valence-corrected chi connectivity index (χ4v) is 5.42. The predicted molar refractivity (Wildman–Crippen MR) is 118 cm³/mol. The van der Waals surface area contributed by atoms with Crippen molar-refractivity contribution in [1.29, 1.82) is 0 Å². The third-order valence-electron chi connectivity index (χ3n) is 7.30. The summed E-state index contributed by atoms with van der Waals surface area (Å²) in [4.78, 5) is 31.4. The van der Waals surface area contributed by atoms with E-state index in [1.165, 1.54) is 12.8 Å². The summed E-state index contributed by atoms with van der Waals surface area (Å²) in [5.74, 6) is 0.592. The van der Waals surface area contributed by atoms with Crippen molar-refractivity contribution in [3.63, 3.8) is 0 Å². The molecule has 0 bridgehead atoms. The van der Waals surface area contributed by atoms with Gasteiger partial charge in [0.05, 0.1) is 18.5 Å². The molecule has 4 heterocycles. The zero-order chi connectivity index (χ0) is 21.4. The van der Waals surface area contributed by atoms with Crippen LogP contribution in [-0.2, 0) is 11.3 Å². The van der Waals surface area contributed by atoms with Crippen LogP contribution < -0.4 is 5.32 Å². The first-order chi connectivity index (χ1) is 15.1. The number of furan rings is 1. The van der Waals surface area contributed by atoms with Gasteiger partial charge in [-0.1, -0.05) is 12.8 Å². The highest BCUT2D eigenvalue weighted by Crippen LogP contribution is 2.34. The molecule has 2 amide bonds. The highest BCUT2D eigenvalue weighted by atomic mass is 16.3. The molecule has 1 aliphatic carbocycles. The van der Waals surface area contributed by atoms with E-state index in [-0.39, 0.29) is 17.9 Å². The Bertz CT molecular complexity index is 938. The molecular weight excluding hydrogens is 392 g/mol. The van der Waals surface area contributed by atoms with Gasteiger partial charge in [-0.2, -0.15) is 0 Å². The molecule has 7 heteroatoms. The summed E-state index contributed by atoms with van der Waals surface area (Å²) in [5, 5.41) is 3.26. The number of amides is 2. The van der Waals surface area contributed by atoms with Gasteiger partial charge in [0.2, 0.25) is 5.91 Å². The van der Waals surface area contributed by atoms with Crippen LogP contribution >= 0.6 is 0 Å². The first kappa shape index (κ1) is 20.4. The minimum Gasteiger partial charge on any atom is -0.463 e. The molecule has 1 N–H and O–H groups in total. The molecule has 166 valence electrons. The number of hydrogen-bond acceptors (Lipinski definition) is 4. The second-order valence-electron chi connectivity index (χ2n) is 9.40. The van der Waals surface area contributed by atoms with E-state index >= 15 is 0 Å². The molecule has 2 fully saturated rings. The fraction of sp³-hybridized carbons (Fsp3) is 0.583. The topological polar surface area (TPSA) is 70.7 Å². The SMILES string of the molecule is CC1(C(=O)NC2CCCC2)Cn2c(ccc2-c2ccco2)C(=O)N1CCN1CCCC1. The maximum Gasteiger partial charge on any atom is 0.271 e. The number of aromatic nitrogens is 1. The van der Waals surface area contributed by atoms with Gasteiger partial charge >= 0.3 is 0 Å². The van der Waals surface area contributed by atoms with Crippen molar-refractivity contribution in [2.75, 3.05) is 26.2 Å². The third-order valence-corrected chi connectivity index (χ3v) is 7.30. The van der Waals surface area contributed by atoms with Crippen LogP contribution in [0.1, 0.15) is 55.9 Å². The van der Waals surface area contributed by atoms with Crippen LogP contribution in [0, 0.1) is 0 Å². The zero-order valence-corrected chi connectivity index (χ0v) is 18.3. The number of rotatable bonds is 6. The number of fused-ring (bicyclic) bond motifs is 1. The smallest absolute Gasteiger partial charge is 0.271 e. The maximum absolute atomic E-state index is 13.6. The highest BCUT2D eigenvalue weighted by molar-refractivity contribution is 6.00. The van der Waals surface area contributed by atoms with Gasteiger partial charge in [-0.25, -0.2) is 0 Å². The number of likely N-dealkylation sites (tertiary alicyclic amines) is 1. The van der Waals surface area contributed by atoms with E-state index in [0.29, 0.717) is 24.5 Å². The van der Waals surface area contributed by atoms with Gasteiger partial charge in [-0.05, 0) is 70.0 Å². The third kappa shape index (κ3) is 3.69. The van der Waals surface area contributed by atoms with Crippen LogP contribution in [0.3, 0.4) is 0 Å². The van der Waals surface area contributed by atoms with Crippen molar-refractivity contribution in [3.8, 4) is 11.5 Å². The van der Waals surface area contributed by atoms with Crippen LogP contribution in [0.4, 0.5) is 0 Å². The van der Waals surface area contributed by atoms with E-state index in [2.05, 4.69) is 10.2 Å². The second kappa shape index (κ2) is 8.19. The number of carbonyl (C=O) groups is 2. The standard InChI is InChI=1S/C24H32N4O3/c1-24(23(30)25-18-7-2-3-8-18)17-27-19(21-9-6-16-31-21)10-11-20(27)22(29)28(24)15-14-26-12-4-5-13-26/h6,9-11,16,18H,2-5,7-8,12-15,17H2,1H3,(H,25,30). The first-order valence-electron chi connectivity index (χ1n) is 11.6. The van der Waals surface area contributed by atoms with Gasteiger partial charge in [0, 0.05) is 19.1 Å². The quantitative estimate of drug-likeness (QED) is 0.774. The van der Waals surface area contributed by atoms with E-state index in [9.17, 15) is 9.59 Å². The molecule has 3 aliphatic rings. The first-order valence-corrected chi connectivity index (χ1v) is 11.6. The van der Waals surface area contributed by atoms with Crippen molar-refractivity contribution >= 4 is 11.8 Å². The highest BCUT2D eigenvalue weighted by Gasteiger charge is 2.48. The number of nitrogens with one attached hydrogen (secondary N) is 1. The minimum atomic E-state index is -0.938. The lowest BCUT2D eigenvalue weighted by atomic mass is 9.94. The van der Waals surface area contributed by atoms with Crippen LogP contribution in [0.15, 0.2) is 34.9 Å². The second-order valence-corrected chi connectivity index (χ2v) is 9.40. The molecule has 0 spiro atoms. The van der Waals surface area contributed by atoms with Crippen LogP contribution in [-0.4, -0.2) is 63.9 Å². The molecule has 1 saturated heterocycles. The summed E-state index contributed by atoms with van der Waals surface area (Å²) in [7, 11) is 0. The van der Waals surface area contributed by atoms with Crippen LogP contribution in [0.5, 0.6) is 0 Å². The summed E-state index contributed by atoms with van der Waals surface area (Å²) < 4.78 is 7.56. The molecule has 0 aromatic carbocycles. The van der Waals surface area contributed by atoms with Gasteiger partial charge in [0.25, 0.3) is 5.91 Å². The van der Waals surface area contributed by atoms with Crippen molar-refractivity contribution < 1.29 is 14.0 Å². The summed E-state index contributed by atoms with van der Waals surface area (Å²) >= 11 is 0. The average Bonchev–Trinajstić information content (AvgIpc) is 3.54. The van der Waals surface area contributed by atoms with Gasteiger partial charge in [-0.3, -0.25) is 9.59 Å². The molecule has 2 aromatic heterocycles. The number of carbonyl (C=O) groups excluding carboxylic acids is 2. The Morgan fingerprint density at radius 1 is 1.10 bits per heavy atom. The summed E-state index contributed by atoms with van der Waals surface area (Å²) in [6, 6.07) is 7.73. The molecule has 7 nitrogen and oxygen atoms in total. The van der Waals surface area contributed by atoms with E-state index in [4.69, 9.17) is 4.42 Å². The van der Waals surface area contributed by atoms with Crippen LogP contribution in [0.25, 0.3) is 11.5 Å². The molecule has 2 aliphatic heterocycles. The Kier molecular flexibility index (Phi) is 5.38. The maximum atomic E-state index is 13.6. The largest absolute Gasteiger partial charge is 0.463 e. The molecule has 2 aromatic rings. The zero-order valence-electron chi connectivity index (χ0n) is 18.3. The van der Waals surface area contributed by atoms with Crippen molar-refractivity contribution in [3.05, 3.63) is 36.2 Å². The van der Waals surface area contributed by atoms with E-state index in [0.717, 1.165) is 51.0 Å². The molecule has 0 radical (unpaired) electrons. The van der Waals surface area contributed by atoms with Gasteiger partial charge in [0.1, 0.15) is 17.0 Å². The summed E-state index contributed by atoms with van der Waals surface area (Å²) in [6.45, 7) is 5.88. The lowest BCUT2D eigenvalue weighted by molar-refractivity contribution is -0.133. The number of hydrogen-bond donors (Lipinski definition) is 1. The Morgan fingerprint density at radius 2 is 1.84 bits per heavy atom. The van der Waals surface area contributed by atoms with E-state index in [1.807, 2.05) is 40.7 Å². The molecule has 5 rings (SSSR count). The normalized spacial score (nSPS) is 24.7. The Labute approximate surface area is 183 Å². The minimum absolute atomic E-state index is 0.0427. The fourth-order valence-electron chi connectivity index (χ4n) is 5.42. The van der Waals surface area contributed by atoms with Crippen molar-refractivity contribution in [2.45, 2.75) is 63.6 Å². The molecule has 1 unspecified atom stereocenters. The Morgan fingerprint density at radius 3 is 2.55 bits per heavy atom. The van der Waals surface area contributed by atoms with E-state index in [1.54, 1.807) is 6.26 Å². The monoisotopic (exact) mass is 424 g/mol. The average molecular weight is 425 g/mol. The molecular formula is C24H32N4O3. The van der Waals surface area contributed by atoms with Gasteiger partial charge in [-0.15, -0.1) is 0 Å². The number of nitrogens with zero attached hydrogens (tertiary/aromatic N) is 3. The van der Waals surface area contributed by atoms with E-state index < -0.39 is 5.54 Å².